The van der Waals surface area contributed by atoms with Crippen molar-refractivity contribution in [2.45, 2.75) is 12.5 Å². The highest BCUT2D eigenvalue weighted by atomic mass is 15.0. The summed E-state index contributed by atoms with van der Waals surface area (Å²) in [6.45, 7) is 0. The van der Waals surface area contributed by atoms with Gasteiger partial charge in [-0.3, -0.25) is 4.98 Å². The molecule has 4 heteroatoms. The lowest BCUT2D eigenvalue weighted by molar-refractivity contribution is 0.704. The highest BCUT2D eigenvalue weighted by Crippen LogP contribution is 2.36. The average molecular weight is 581 g/mol. The SMILES string of the molecule is N/C(=C\C(=C/CC1C=CC=CN1)c1c2ccccc2cc2ccccc12)c1ccc(-n2c3ccccc3c3ncccc32)cc1. The maximum Gasteiger partial charge on any atom is 0.0963 e. The third kappa shape index (κ3) is 4.87. The van der Waals surface area contributed by atoms with Crippen LogP contribution in [0, 0.1) is 0 Å². The lowest BCUT2D eigenvalue weighted by atomic mass is 9.90. The first kappa shape index (κ1) is 26.7. The van der Waals surface area contributed by atoms with Crippen LogP contribution in [0.15, 0.2) is 158 Å². The summed E-state index contributed by atoms with van der Waals surface area (Å²) in [5, 5.41) is 9.47. The molecule has 45 heavy (non-hydrogen) atoms. The van der Waals surface area contributed by atoms with Gasteiger partial charge in [0.2, 0.25) is 0 Å². The first-order valence-electron chi connectivity index (χ1n) is 15.4. The van der Waals surface area contributed by atoms with Crippen molar-refractivity contribution in [3.8, 4) is 5.69 Å². The van der Waals surface area contributed by atoms with Crippen LogP contribution >= 0.6 is 0 Å². The fraction of sp³-hybridized carbons (Fsp3) is 0.0488. The molecule has 0 bridgehead atoms. The van der Waals surface area contributed by atoms with Crippen molar-refractivity contribution < 1.29 is 0 Å². The van der Waals surface area contributed by atoms with Gasteiger partial charge in [-0.1, -0.05) is 97.1 Å². The first-order valence-corrected chi connectivity index (χ1v) is 15.4. The fourth-order valence-electron chi connectivity index (χ4n) is 6.56. The maximum absolute atomic E-state index is 6.94. The van der Waals surface area contributed by atoms with E-state index in [1.807, 2.05) is 24.5 Å². The van der Waals surface area contributed by atoms with Gasteiger partial charge < -0.3 is 15.6 Å². The summed E-state index contributed by atoms with van der Waals surface area (Å²) >= 11 is 0. The second kappa shape index (κ2) is 11.3. The van der Waals surface area contributed by atoms with Gasteiger partial charge in [-0.2, -0.15) is 0 Å². The van der Waals surface area contributed by atoms with E-state index < -0.39 is 0 Å². The highest BCUT2D eigenvalue weighted by molar-refractivity contribution is 6.11. The number of nitrogens with zero attached hydrogens (tertiary/aromatic N) is 2. The molecule has 1 atom stereocenters. The van der Waals surface area contributed by atoms with Gasteiger partial charge in [0.15, 0.2) is 0 Å². The minimum atomic E-state index is 0.223. The molecule has 0 spiro atoms. The van der Waals surface area contributed by atoms with Crippen LogP contribution < -0.4 is 11.1 Å². The molecule has 0 saturated carbocycles. The average Bonchev–Trinajstić information content (AvgIpc) is 3.44. The van der Waals surface area contributed by atoms with Crippen LogP contribution in [0.3, 0.4) is 0 Å². The van der Waals surface area contributed by atoms with Crippen molar-refractivity contribution in [2.24, 2.45) is 5.73 Å². The minimum absolute atomic E-state index is 0.223. The summed E-state index contributed by atoms with van der Waals surface area (Å²) in [7, 11) is 0. The molecule has 1 aliphatic heterocycles. The fourth-order valence-corrected chi connectivity index (χ4v) is 6.56. The van der Waals surface area contributed by atoms with Gasteiger partial charge in [0, 0.05) is 29.0 Å². The molecule has 0 fully saturated rings. The van der Waals surface area contributed by atoms with Gasteiger partial charge >= 0.3 is 0 Å². The molecule has 2 aromatic heterocycles. The van der Waals surface area contributed by atoms with Crippen LogP contribution in [0.1, 0.15) is 17.5 Å². The molecule has 216 valence electrons. The number of hydrogen-bond donors (Lipinski definition) is 2. The molecule has 8 rings (SSSR count). The van der Waals surface area contributed by atoms with E-state index in [9.17, 15) is 0 Å². The zero-order valence-corrected chi connectivity index (χ0v) is 24.8. The number of para-hydroxylation sites is 1. The molecular formula is C41H32N4. The van der Waals surface area contributed by atoms with E-state index in [4.69, 9.17) is 5.73 Å². The van der Waals surface area contributed by atoms with Crippen molar-refractivity contribution >= 4 is 54.8 Å². The van der Waals surface area contributed by atoms with E-state index in [1.165, 1.54) is 27.1 Å². The van der Waals surface area contributed by atoms with Gasteiger partial charge in [-0.05, 0) is 99.4 Å². The summed E-state index contributed by atoms with van der Waals surface area (Å²) in [5.74, 6) is 0. The van der Waals surface area contributed by atoms with Crippen molar-refractivity contribution in [3.05, 3.63) is 169 Å². The number of nitrogens with one attached hydrogen (secondary N) is 1. The summed E-state index contributed by atoms with van der Waals surface area (Å²) in [4.78, 5) is 4.69. The van der Waals surface area contributed by atoms with Crippen LogP contribution in [0.25, 0.3) is 60.4 Å². The highest BCUT2D eigenvalue weighted by Gasteiger charge is 2.15. The number of fused-ring (bicyclic) bond motifs is 5. The van der Waals surface area contributed by atoms with Crippen molar-refractivity contribution in [2.75, 3.05) is 0 Å². The van der Waals surface area contributed by atoms with E-state index in [0.717, 1.165) is 50.9 Å². The predicted octanol–water partition coefficient (Wildman–Crippen LogP) is 9.30. The molecule has 3 heterocycles. The third-order valence-corrected chi connectivity index (χ3v) is 8.71. The topological polar surface area (TPSA) is 55.9 Å². The largest absolute Gasteiger partial charge is 0.398 e. The quantitative estimate of drug-likeness (QED) is 0.152. The molecule has 0 aliphatic carbocycles. The molecule has 1 aliphatic rings. The Balaban J connectivity index is 1.24. The van der Waals surface area contributed by atoms with E-state index in [1.54, 1.807) is 0 Å². The second-order valence-corrected chi connectivity index (χ2v) is 11.5. The van der Waals surface area contributed by atoms with Gasteiger partial charge in [-0.15, -0.1) is 0 Å². The normalized spacial score (nSPS) is 15.3. The van der Waals surface area contributed by atoms with Crippen LogP contribution in [0.2, 0.25) is 0 Å². The Morgan fingerprint density at radius 3 is 2.18 bits per heavy atom. The minimum Gasteiger partial charge on any atom is -0.398 e. The van der Waals surface area contributed by atoms with Crippen molar-refractivity contribution in [1.82, 2.24) is 14.9 Å². The Bertz CT molecular complexity index is 2230. The van der Waals surface area contributed by atoms with Gasteiger partial charge in [0.25, 0.3) is 0 Å². The van der Waals surface area contributed by atoms with E-state index in [0.29, 0.717) is 0 Å². The molecule has 3 N–H and O–H groups in total. The number of nitrogens with two attached hydrogens (primary N) is 1. The molecule has 4 nitrogen and oxygen atoms in total. The lowest BCUT2D eigenvalue weighted by Crippen LogP contribution is -2.22. The van der Waals surface area contributed by atoms with E-state index in [2.05, 4.69) is 148 Å². The summed E-state index contributed by atoms with van der Waals surface area (Å²) < 4.78 is 2.27. The number of hydrogen-bond acceptors (Lipinski definition) is 3. The van der Waals surface area contributed by atoms with E-state index >= 15 is 0 Å². The zero-order valence-electron chi connectivity index (χ0n) is 24.8. The molecule has 0 amide bonds. The number of dihydropyridines is 1. The summed E-state index contributed by atoms with van der Waals surface area (Å²) in [6.07, 6.45) is 15.5. The number of aromatic nitrogens is 2. The summed E-state index contributed by atoms with van der Waals surface area (Å²) in [6, 6.07) is 40.8. The zero-order chi connectivity index (χ0) is 30.2. The number of rotatable bonds is 6. The van der Waals surface area contributed by atoms with E-state index in [-0.39, 0.29) is 6.04 Å². The van der Waals surface area contributed by atoms with Crippen molar-refractivity contribution in [1.29, 1.82) is 0 Å². The second-order valence-electron chi connectivity index (χ2n) is 11.5. The number of allylic oxidation sites excluding steroid dienone is 4. The van der Waals surface area contributed by atoms with Gasteiger partial charge in [0.1, 0.15) is 0 Å². The maximum atomic E-state index is 6.94. The molecular weight excluding hydrogens is 548 g/mol. The monoisotopic (exact) mass is 580 g/mol. The summed E-state index contributed by atoms with van der Waals surface area (Å²) in [5.41, 5.74) is 15.3. The van der Waals surface area contributed by atoms with Gasteiger partial charge in [0.05, 0.1) is 16.6 Å². The van der Waals surface area contributed by atoms with Crippen LogP contribution in [0.4, 0.5) is 0 Å². The molecule has 0 saturated heterocycles. The first-order chi connectivity index (χ1) is 22.2. The Labute approximate surface area is 262 Å². The lowest BCUT2D eigenvalue weighted by Gasteiger charge is -2.17. The molecule has 1 unspecified atom stereocenters. The Morgan fingerprint density at radius 1 is 0.756 bits per heavy atom. The van der Waals surface area contributed by atoms with Crippen LogP contribution in [-0.4, -0.2) is 15.6 Å². The van der Waals surface area contributed by atoms with Crippen LogP contribution in [-0.2, 0) is 0 Å². The standard InChI is InChI=1S/C41H32N4/c42-37(28-19-22-33(23-20-28)45-38-16-6-5-15-36(38)41-39(45)17-9-25-44-41)27-31(18-21-32-12-7-8-24-43-32)40-34-13-3-1-10-29(34)26-30-11-2-4-14-35(30)40/h1-20,22-27,32,43H,21,42H2/b31-18+,37-27-. The number of benzene rings is 5. The number of pyridine rings is 1. The Hall–Kier alpha value is -5.87. The molecule has 0 radical (unpaired) electrons. The molecule has 5 aromatic carbocycles. The predicted molar refractivity (Wildman–Crippen MR) is 190 cm³/mol. The van der Waals surface area contributed by atoms with Gasteiger partial charge in [-0.25, -0.2) is 0 Å². The Morgan fingerprint density at radius 2 is 1.44 bits per heavy atom. The Kier molecular flexibility index (Phi) is 6.73. The molecule has 7 aromatic rings. The smallest absolute Gasteiger partial charge is 0.0963 e. The third-order valence-electron chi connectivity index (χ3n) is 8.71. The van der Waals surface area contributed by atoms with Crippen LogP contribution in [0.5, 0.6) is 0 Å². The van der Waals surface area contributed by atoms with Crippen molar-refractivity contribution in [3.63, 3.8) is 0 Å².